The number of amides is 2. The summed E-state index contributed by atoms with van der Waals surface area (Å²) in [6, 6.07) is 12.8. The SMILES string of the molecule is Cc1ccc(NS(=O)(=O)c2cccc(C(=O)NCCC(=O)N3CCCCC3)c2)cc1. The molecule has 160 valence electrons. The average Bonchev–Trinajstić information content (AvgIpc) is 2.76. The molecule has 7 nitrogen and oxygen atoms in total. The Morgan fingerprint density at radius 2 is 1.70 bits per heavy atom. The molecule has 0 aromatic heterocycles. The second kappa shape index (κ2) is 9.75. The molecule has 30 heavy (non-hydrogen) atoms. The zero-order chi connectivity index (χ0) is 21.6. The number of benzene rings is 2. The van der Waals surface area contributed by atoms with Gasteiger partial charge in [0, 0.05) is 37.3 Å². The Kier molecular flexibility index (Phi) is 7.10. The van der Waals surface area contributed by atoms with Crippen LogP contribution in [0.4, 0.5) is 5.69 Å². The Hall–Kier alpha value is -2.87. The summed E-state index contributed by atoms with van der Waals surface area (Å²) in [5, 5.41) is 2.70. The Labute approximate surface area is 177 Å². The van der Waals surface area contributed by atoms with Crippen molar-refractivity contribution in [3.8, 4) is 0 Å². The molecule has 0 bridgehead atoms. The fourth-order valence-electron chi connectivity index (χ4n) is 3.33. The Balaban J connectivity index is 1.59. The number of piperidine rings is 1. The monoisotopic (exact) mass is 429 g/mol. The molecule has 0 radical (unpaired) electrons. The van der Waals surface area contributed by atoms with Crippen molar-refractivity contribution in [2.45, 2.75) is 37.5 Å². The van der Waals surface area contributed by atoms with Crippen molar-refractivity contribution in [2.24, 2.45) is 0 Å². The van der Waals surface area contributed by atoms with Crippen molar-refractivity contribution < 1.29 is 18.0 Å². The Morgan fingerprint density at radius 1 is 1.00 bits per heavy atom. The number of hydrogen-bond acceptors (Lipinski definition) is 4. The molecule has 2 amide bonds. The standard InChI is InChI=1S/C22H27N3O4S/c1-17-8-10-19(11-9-17)24-30(28,29)20-7-5-6-18(16-20)22(27)23-13-12-21(26)25-14-3-2-4-15-25/h5-11,16,24H,2-4,12-15H2,1H3,(H,23,27). The number of anilines is 1. The van der Waals surface area contributed by atoms with E-state index in [2.05, 4.69) is 10.0 Å². The van der Waals surface area contributed by atoms with E-state index in [-0.39, 0.29) is 29.3 Å². The van der Waals surface area contributed by atoms with E-state index < -0.39 is 15.9 Å². The molecule has 2 aromatic rings. The molecule has 1 saturated heterocycles. The van der Waals surface area contributed by atoms with Gasteiger partial charge < -0.3 is 10.2 Å². The largest absolute Gasteiger partial charge is 0.352 e. The highest BCUT2D eigenvalue weighted by molar-refractivity contribution is 7.92. The number of aryl methyl sites for hydroxylation is 1. The third-order valence-corrected chi connectivity index (χ3v) is 6.42. The molecular weight excluding hydrogens is 402 g/mol. The van der Waals surface area contributed by atoms with Crippen LogP contribution in [0.3, 0.4) is 0 Å². The molecule has 1 fully saturated rings. The van der Waals surface area contributed by atoms with Crippen LogP contribution in [-0.2, 0) is 14.8 Å². The summed E-state index contributed by atoms with van der Waals surface area (Å²) in [5.41, 5.74) is 1.70. The molecule has 0 saturated carbocycles. The van der Waals surface area contributed by atoms with Gasteiger partial charge in [-0.1, -0.05) is 23.8 Å². The van der Waals surface area contributed by atoms with Gasteiger partial charge in [0.25, 0.3) is 15.9 Å². The lowest BCUT2D eigenvalue weighted by Gasteiger charge is -2.26. The van der Waals surface area contributed by atoms with E-state index in [0.29, 0.717) is 5.69 Å². The van der Waals surface area contributed by atoms with E-state index in [1.54, 1.807) is 18.2 Å². The molecule has 1 heterocycles. The predicted molar refractivity (Wildman–Crippen MR) is 116 cm³/mol. The van der Waals surface area contributed by atoms with Gasteiger partial charge in [0.2, 0.25) is 5.91 Å². The lowest BCUT2D eigenvalue weighted by Crippen LogP contribution is -2.37. The first-order valence-electron chi connectivity index (χ1n) is 10.1. The van der Waals surface area contributed by atoms with Crippen LogP contribution in [0.1, 0.15) is 41.6 Å². The molecule has 3 rings (SSSR count). The van der Waals surface area contributed by atoms with Crippen molar-refractivity contribution in [2.75, 3.05) is 24.4 Å². The van der Waals surface area contributed by atoms with Crippen LogP contribution < -0.4 is 10.0 Å². The van der Waals surface area contributed by atoms with Gasteiger partial charge in [0.05, 0.1) is 4.90 Å². The second-order valence-electron chi connectivity index (χ2n) is 7.45. The van der Waals surface area contributed by atoms with Crippen molar-refractivity contribution in [1.82, 2.24) is 10.2 Å². The van der Waals surface area contributed by atoms with Crippen LogP contribution in [0.25, 0.3) is 0 Å². The van der Waals surface area contributed by atoms with Gasteiger partial charge in [-0.05, 0) is 56.5 Å². The summed E-state index contributed by atoms with van der Waals surface area (Å²) in [7, 11) is -3.82. The lowest BCUT2D eigenvalue weighted by molar-refractivity contribution is -0.131. The third kappa shape index (κ3) is 5.82. The highest BCUT2D eigenvalue weighted by atomic mass is 32.2. The highest BCUT2D eigenvalue weighted by Gasteiger charge is 2.18. The number of nitrogens with one attached hydrogen (secondary N) is 2. The van der Waals surface area contributed by atoms with Crippen LogP contribution in [-0.4, -0.2) is 44.8 Å². The minimum absolute atomic E-state index is 0.000109. The first kappa shape index (κ1) is 21.8. The quantitative estimate of drug-likeness (QED) is 0.707. The van der Waals surface area contributed by atoms with Crippen LogP contribution in [0.15, 0.2) is 53.4 Å². The van der Waals surface area contributed by atoms with Crippen molar-refractivity contribution >= 4 is 27.5 Å². The van der Waals surface area contributed by atoms with Crippen molar-refractivity contribution in [3.63, 3.8) is 0 Å². The van der Waals surface area contributed by atoms with Gasteiger partial charge in [-0.3, -0.25) is 14.3 Å². The number of hydrogen-bond donors (Lipinski definition) is 2. The molecule has 8 heteroatoms. The smallest absolute Gasteiger partial charge is 0.261 e. The molecule has 1 aliphatic heterocycles. The summed E-state index contributed by atoms with van der Waals surface area (Å²) < 4.78 is 27.8. The fraction of sp³-hybridized carbons (Fsp3) is 0.364. The molecule has 1 aliphatic rings. The van der Waals surface area contributed by atoms with E-state index in [1.807, 2.05) is 24.0 Å². The lowest BCUT2D eigenvalue weighted by atomic mass is 10.1. The van der Waals surface area contributed by atoms with Crippen LogP contribution in [0.2, 0.25) is 0 Å². The van der Waals surface area contributed by atoms with E-state index in [9.17, 15) is 18.0 Å². The van der Waals surface area contributed by atoms with Gasteiger partial charge in [-0.2, -0.15) is 0 Å². The topological polar surface area (TPSA) is 95.6 Å². The van der Waals surface area contributed by atoms with Gasteiger partial charge >= 0.3 is 0 Å². The number of nitrogens with zero attached hydrogens (tertiary/aromatic N) is 1. The summed E-state index contributed by atoms with van der Waals surface area (Å²) in [6.07, 6.45) is 3.43. The number of carbonyl (C=O) groups is 2. The summed E-state index contributed by atoms with van der Waals surface area (Å²) in [5.74, 6) is -0.373. The zero-order valence-corrected chi connectivity index (χ0v) is 17.9. The second-order valence-corrected chi connectivity index (χ2v) is 9.13. The maximum absolute atomic E-state index is 12.6. The molecule has 2 N–H and O–H groups in total. The van der Waals surface area contributed by atoms with E-state index in [4.69, 9.17) is 0 Å². The van der Waals surface area contributed by atoms with Crippen LogP contribution >= 0.6 is 0 Å². The first-order valence-corrected chi connectivity index (χ1v) is 11.6. The van der Waals surface area contributed by atoms with Crippen LogP contribution in [0, 0.1) is 6.92 Å². The number of likely N-dealkylation sites (tertiary alicyclic amines) is 1. The highest BCUT2D eigenvalue weighted by Crippen LogP contribution is 2.18. The number of sulfonamides is 1. The summed E-state index contributed by atoms with van der Waals surface area (Å²) in [4.78, 5) is 26.4. The van der Waals surface area contributed by atoms with Crippen molar-refractivity contribution in [1.29, 1.82) is 0 Å². The maximum Gasteiger partial charge on any atom is 0.261 e. The number of carbonyl (C=O) groups excluding carboxylic acids is 2. The van der Waals surface area contributed by atoms with Gasteiger partial charge in [-0.25, -0.2) is 8.42 Å². The van der Waals surface area contributed by atoms with Crippen molar-refractivity contribution in [3.05, 3.63) is 59.7 Å². The minimum Gasteiger partial charge on any atom is -0.352 e. The fourth-order valence-corrected chi connectivity index (χ4v) is 4.43. The van der Waals surface area contributed by atoms with Crippen LogP contribution in [0.5, 0.6) is 0 Å². The molecule has 0 spiro atoms. The minimum atomic E-state index is -3.82. The summed E-state index contributed by atoms with van der Waals surface area (Å²) >= 11 is 0. The zero-order valence-electron chi connectivity index (χ0n) is 17.1. The van der Waals surface area contributed by atoms with Gasteiger partial charge in [0.1, 0.15) is 0 Å². The third-order valence-electron chi connectivity index (χ3n) is 5.04. The van der Waals surface area contributed by atoms with E-state index in [1.165, 1.54) is 18.2 Å². The van der Waals surface area contributed by atoms with E-state index >= 15 is 0 Å². The molecule has 2 aromatic carbocycles. The normalized spacial score (nSPS) is 14.2. The average molecular weight is 430 g/mol. The maximum atomic E-state index is 12.6. The molecule has 0 atom stereocenters. The Bertz CT molecular complexity index is 997. The molecular formula is C22H27N3O4S. The number of rotatable bonds is 7. The van der Waals surface area contributed by atoms with E-state index in [0.717, 1.165) is 37.9 Å². The summed E-state index contributed by atoms with van der Waals surface area (Å²) in [6.45, 7) is 3.69. The molecule has 0 unspecified atom stereocenters. The first-order chi connectivity index (χ1) is 14.3. The van der Waals surface area contributed by atoms with Gasteiger partial charge in [-0.15, -0.1) is 0 Å². The Morgan fingerprint density at radius 3 is 2.40 bits per heavy atom. The molecule has 0 aliphatic carbocycles. The van der Waals surface area contributed by atoms with Gasteiger partial charge in [0.15, 0.2) is 0 Å². The predicted octanol–water partition coefficient (Wildman–Crippen LogP) is 2.93.